The van der Waals surface area contributed by atoms with Crippen LogP contribution in [-0.2, 0) is 14.6 Å². The van der Waals surface area contributed by atoms with Crippen LogP contribution in [0.25, 0.3) is 0 Å². The second kappa shape index (κ2) is 7.91. The highest BCUT2D eigenvalue weighted by Gasteiger charge is 2.24. The van der Waals surface area contributed by atoms with E-state index in [1.807, 2.05) is 0 Å². The van der Waals surface area contributed by atoms with Crippen molar-refractivity contribution in [2.45, 2.75) is 4.90 Å². The Morgan fingerprint density at radius 2 is 1.81 bits per heavy atom. The van der Waals surface area contributed by atoms with Crippen LogP contribution in [-0.4, -0.2) is 38.8 Å². The molecule has 0 saturated carbocycles. The van der Waals surface area contributed by atoms with Crippen LogP contribution in [0.3, 0.4) is 0 Å². The largest absolute Gasteiger partial charge is 0.490 e. The highest BCUT2D eigenvalue weighted by Crippen LogP contribution is 2.25. The van der Waals surface area contributed by atoms with Gasteiger partial charge in [0.05, 0.1) is 10.5 Å². The van der Waals surface area contributed by atoms with Crippen LogP contribution >= 0.6 is 0 Å². The van der Waals surface area contributed by atoms with Crippen LogP contribution in [0.5, 0.6) is 5.75 Å². The minimum absolute atomic E-state index is 0.0130. The highest BCUT2D eigenvalue weighted by atomic mass is 32.2. The zero-order valence-corrected chi connectivity index (χ0v) is 14.4. The molecule has 0 fully saturated rings. The fourth-order valence-corrected chi connectivity index (χ4v) is 2.84. The lowest BCUT2D eigenvalue weighted by Gasteiger charge is -2.08. The van der Waals surface area contributed by atoms with Crippen molar-refractivity contribution < 1.29 is 32.0 Å². The lowest BCUT2D eigenvalue weighted by atomic mass is 10.2. The van der Waals surface area contributed by atoms with E-state index in [0.717, 1.165) is 24.5 Å². The second-order valence-corrected chi connectivity index (χ2v) is 7.13. The van der Waals surface area contributed by atoms with Crippen molar-refractivity contribution in [1.82, 2.24) is 0 Å². The molecule has 10 heteroatoms. The lowest BCUT2D eigenvalue weighted by Crippen LogP contribution is -2.13. The predicted molar refractivity (Wildman–Crippen MR) is 88.4 cm³/mol. The van der Waals surface area contributed by atoms with Gasteiger partial charge in [0.2, 0.25) is 0 Å². The molecule has 0 aliphatic rings. The molecule has 0 atom stereocenters. The van der Waals surface area contributed by atoms with Crippen LogP contribution in [0, 0.1) is 15.9 Å². The van der Waals surface area contributed by atoms with Crippen molar-refractivity contribution in [2.24, 2.45) is 0 Å². The average molecular weight is 383 g/mol. The van der Waals surface area contributed by atoms with Crippen molar-refractivity contribution in [1.29, 1.82) is 0 Å². The van der Waals surface area contributed by atoms with Crippen LogP contribution < -0.4 is 4.74 Å². The molecule has 0 amide bonds. The van der Waals surface area contributed by atoms with Crippen molar-refractivity contribution in [3.8, 4) is 5.75 Å². The molecule has 0 heterocycles. The van der Waals surface area contributed by atoms with E-state index in [4.69, 9.17) is 9.47 Å². The molecule has 2 aromatic rings. The van der Waals surface area contributed by atoms with E-state index in [-0.39, 0.29) is 18.8 Å². The number of sulfone groups is 1. The van der Waals surface area contributed by atoms with Gasteiger partial charge in [0.25, 0.3) is 5.69 Å². The van der Waals surface area contributed by atoms with E-state index in [2.05, 4.69) is 0 Å². The van der Waals surface area contributed by atoms with Gasteiger partial charge in [-0.3, -0.25) is 10.1 Å². The molecule has 8 nitrogen and oxygen atoms in total. The summed E-state index contributed by atoms with van der Waals surface area (Å²) in [5.41, 5.74) is -0.865. The van der Waals surface area contributed by atoms with Gasteiger partial charge in [-0.2, -0.15) is 0 Å². The first kappa shape index (κ1) is 19.3. The quantitative estimate of drug-likeness (QED) is 0.312. The molecule has 0 bridgehead atoms. The van der Waals surface area contributed by atoms with Crippen LogP contribution in [0.2, 0.25) is 0 Å². The standard InChI is InChI=1S/C16H14FNO7S/c1-26(22,23)15-7-2-11(10-14(15)18(20)21)16(19)25-9-8-24-13-5-3-12(17)4-6-13/h2-7,10H,8-9H2,1H3. The molecule has 0 aliphatic carbocycles. The van der Waals surface area contributed by atoms with Crippen molar-refractivity contribution in [2.75, 3.05) is 19.5 Å². The summed E-state index contributed by atoms with van der Waals surface area (Å²) in [6.45, 7) is -0.168. The molecule has 0 spiro atoms. The van der Waals surface area contributed by atoms with Gasteiger partial charge in [-0.15, -0.1) is 0 Å². The number of ether oxygens (including phenoxy) is 2. The first-order valence-corrected chi connectivity index (χ1v) is 9.11. The summed E-state index contributed by atoms with van der Waals surface area (Å²) in [7, 11) is -3.82. The van der Waals surface area contributed by atoms with Gasteiger partial charge in [0.1, 0.15) is 29.7 Å². The number of halogens is 1. The molecule has 0 N–H and O–H groups in total. The molecule has 0 aromatic heterocycles. The van der Waals surface area contributed by atoms with Gasteiger partial charge in [0.15, 0.2) is 9.84 Å². The Morgan fingerprint density at radius 3 is 2.38 bits per heavy atom. The summed E-state index contributed by atoms with van der Waals surface area (Å²) in [5.74, 6) is -0.894. The van der Waals surface area contributed by atoms with Gasteiger partial charge in [-0.25, -0.2) is 17.6 Å². The first-order valence-electron chi connectivity index (χ1n) is 7.22. The summed E-state index contributed by atoms with van der Waals surface area (Å²) in [6.07, 6.45) is 0.833. The Kier molecular flexibility index (Phi) is 5.88. The number of benzene rings is 2. The summed E-state index contributed by atoms with van der Waals surface area (Å²) >= 11 is 0. The molecule has 26 heavy (non-hydrogen) atoms. The molecule has 0 saturated heterocycles. The number of nitro benzene ring substituents is 1. The number of rotatable bonds is 7. The topological polar surface area (TPSA) is 113 Å². The number of hydrogen-bond donors (Lipinski definition) is 0. The fourth-order valence-electron chi connectivity index (χ4n) is 2.01. The Bertz CT molecular complexity index is 926. The summed E-state index contributed by atoms with van der Waals surface area (Å²) < 4.78 is 46.0. The van der Waals surface area contributed by atoms with E-state index >= 15 is 0 Å². The number of nitro groups is 1. The normalized spacial score (nSPS) is 11.0. The van der Waals surface area contributed by atoms with E-state index in [1.54, 1.807) is 0 Å². The second-order valence-electron chi connectivity index (χ2n) is 5.15. The molecule has 2 aromatic carbocycles. The average Bonchev–Trinajstić information content (AvgIpc) is 2.58. The van der Waals surface area contributed by atoms with Gasteiger partial charge >= 0.3 is 5.97 Å². The van der Waals surface area contributed by atoms with Crippen LogP contribution in [0.15, 0.2) is 47.4 Å². The molecule has 0 radical (unpaired) electrons. The summed E-state index contributed by atoms with van der Waals surface area (Å²) in [4.78, 5) is 21.6. The van der Waals surface area contributed by atoms with E-state index < -0.39 is 37.1 Å². The highest BCUT2D eigenvalue weighted by molar-refractivity contribution is 7.90. The van der Waals surface area contributed by atoms with Gasteiger partial charge in [-0.05, 0) is 36.4 Å². The third-order valence-electron chi connectivity index (χ3n) is 3.19. The predicted octanol–water partition coefficient (Wildman–Crippen LogP) is 2.37. The van der Waals surface area contributed by atoms with E-state index in [9.17, 15) is 27.7 Å². The smallest absolute Gasteiger partial charge is 0.338 e. The third-order valence-corrected chi connectivity index (χ3v) is 4.33. The first-order chi connectivity index (χ1) is 12.2. The Morgan fingerprint density at radius 1 is 1.15 bits per heavy atom. The Hall–Kier alpha value is -3.01. The Labute approximate surface area is 148 Å². The zero-order chi connectivity index (χ0) is 19.3. The van der Waals surface area contributed by atoms with Gasteiger partial charge in [0, 0.05) is 12.3 Å². The van der Waals surface area contributed by atoms with E-state index in [0.29, 0.717) is 5.75 Å². The van der Waals surface area contributed by atoms with Gasteiger partial charge in [-0.1, -0.05) is 0 Å². The lowest BCUT2D eigenvalue weighted by molar-refractivity contribution is -0.387. The van der Waals surface area contributed by atoms with Crippen molar-refractivity contribution in [3.05, 3.63) is 64.0 Å². The fraction of sp³-hybridized carbons (Fsp3) is 0.188. The number of esters is 1. The maximum absolute atomic E-state index is 12.7. The maximum Gasteiger partial charge on any atom is 0.338 e. The Balaban J connectivity index is 2.00. The molecule has 0 aliphatic heterocycles. The number of hydrogen-bond acceptors (Lipinski definition) is 7. The molecule has 138 valence electrons. The summed E-state index contributed by atoms with van der Waals surface area (Å²) in [5, 5.41) is 11.0. The molecular formula is C16H14FNO7S. The SMILES string of the molecule is CS(=O)(=O)c1ccc(C(=O)OCCOc2ccc(F)cc2)cc1[N+](=O)[O-]. The van der Waals surface area contributed by atoms with Crippen molar-refractivity contribution >= 4 is 21.5 Å². The molecular weight excluding hydrogens is 369 g/mol. The zero-order valence-electron chi connectivity index (χ0n) is 13.5. The minimum atomic E-state index is -3.82. The molecule has 0 unspecified atom stereocenters. The van der Waals surface area contributed by atoms with E-state index in [1.165, 1.54) is 24.3 Å². The number of carbonyl (C=O) groups excluding carboxylic acids is 1. The summed E-state index contributed by atoms with van der Waals surface area (Å²) in [6, 6.07) is 8.20. The van der Waals surface area contributed by atoms with Crippen LogP contribution in [0.1, 0.15) is 10.4 Å². The minimum Gasteiger partial charge on any atom is -0.490 e. The number of carbonyl (C=O) groups is 1. The third kappa shape index (κ3) is 4.99. The number of nitrogens with zero attached hydrogens (tertiary/aromatic N) is 1. The van der Waals surface area contributed by atoms with Gasteiger partial charge < -0.3 is 9.47 Å². The maximum atomic E-state index is 12.7. The van der Waals surface area contributed by atoms with Crippen LogP contribution in [0.4, 0.5) is 10.1 Å². The monoisotopic (exact) mass is 383 g/mol. The molecule has 2 rings (SSSR count). The van der Waals surface area contributed by atoms with Crippen molar-refractivity contribution in [3.63, 3.8) is 0 Å².